The van der Waals surface area contributed by atoms with E-state index in [1.165, 1.54) is 12.1 Å². The lowest BCUT2D eigenvalue weighted by atomic mass is 9.98. The fraction of sp³-hybridized carbons (Fsp3) is 0.0769. The number of hydrogen-bond acceptors (Lipinski definition) is 4. The first kappa shape index (κ1) is 13.5. The quantitative estimate of drug-likeness (QED) is 0.766. The third kappa shape index (κ3) is 2.28. The minimum atomic E-state index is -1.46. The molecule has 102 valence electrons. The van der Waals surface area contributed by atoms with E-state index in [1.807, 2.05) is 0 Å². The highest BCUT2D eigenvalue weighted by Gasteiger charge is 2.25. The van der Waals surface area contributed by atoms with E-state index in [4.69, 9.17) is 10.2 Å². The maximum absolute atomic E-state index is 11.4. The van der Waals surface area contributed by atoms with Crippen molar-refractivity contribution in [1.29, 1.82) is 0 Å². The number of carbonyl (C=O) groups is 3. The van der Waals surface area contributed by atoms with Crippen LogP contribution in [0.25, 0.3) is 10.9 Å². The van der Waals surface area contributed by atoms with Gasteiger partial charge in [-0.2, -0.15) is 0 Å². The van der Waals surface area contributed by atoms with Crippen LogP contribution in [0.5, 0.6) is 0 Å². The molecule has 1 heterocycles. The summed E-state index contributed by atoms with van der Waals surface area (Å²) in [5.41, 5.74) is -1.01. The first-order valence-corrected chi connectivity index (χ1v) is 5.51. The van der Waals surface area contributed by atoms with E-state index in [1.54, 1.807) is 12.1 Å². The lowest BCUT2D eigenvalue weighted by Crippen LogP contribution is -2.16. The number of carboxylic acids is 3. The summed E-state index contributed by atoms with van der Waals surface area (Å²) in [6.07, 6.45) is -0.721. The van der Waals surface area contributed by atoms with Crippen LogP contribution in [0.3, 0.4) is 0 Å². The first-order valence-electron chi connectivity index (χ1n) is 5.51. The zero-order valence-corrected chi connectivity index (χ0v) is 10.0. The van der Waals surface area contributed by atoms with Gasteiger partial charge in [0.05, 0.1) is 17.5 Å². The Hall–Kier alpha value is -2.96. The molecule has 0 saturated heterocycles. The highest BCUT2D eigenvalue weighted by atomic mass is 16.4. The monoisotopic (exact) mass is 275 g/mol. The minimum absolute atomic E-state index is 0.191. The van der Waals surface area contributed by atoms with Crippen molar-refractivity contribution in [1.82, 2.24) is 4.98 Å². The molecule has 0 fully saturated rings. The van der Waals surface area contributed by atoms with Crippen molar-refractivity contribution >= 4 is 28.8 Å². The van der Waals surface area contributed by atoms with E-state index in [2.05, 4.69) is 4.98 Å². The molecule has 7 heteroatoms. The number of aromatic carboxylic acids is 2. The van der Waals surface area contributed by atoms with E-state index in [9.17, 15) is 19.5 Å². The Balaban J connectivity index is 2.92. The van der Waals surface area contributed by atoms with Crippen LogP contribution in [0.15, 0.2) is 24.3 Å². The molecular weight excluding hydrogens is 266 g/mol. The molecule has 7 nitrogen and oxygen atoms in total. The molecule has 0 amide bonds. The third-order valence-corrected chi connectivity index (χ3v) is 2.74. The van der Waals surface area contributed by atoms with Gasteiger partial charge in [0.25, 0.3) is 0 Å². The summed E-state index contributed by atoms with van der Waals surface area (Å²) in [6, 6.07) is 6.09. The summed E-state index contributed by atoms with van der Waals surface area (Å²) in [6.45, 7) is 0. The Labute approximate surface area is 112 Å². The molecule has 0 unspecified atom stereocenters. The molecule has 3 N–H and O–H groups in total. The predicted molar refractivity (Wildman–Crippen MR) is 67.0 cm³/mol. The molecule has 0 bridgehead atoms. The van der Waals surface area contributed by atoms with E-state index in [-0.39, 0.29) is 22.0 Å². The third-order valence-electron chi connectivity index (χ3n) is 2.74. The fourth-order valence-electron chi connectivity index (χ4n) is 2.00. The number of hydrogen-bond donors (Lipinski definition) is 3. The van der Waals surface area contributed by atoms with Crippen molar-refractivity contribution in [2.75, 3.05) is 0 Å². The standard InChI is InChI=1S/C13H9NO6/c15-9(16)5-7-10(12(17)18)6-3-1-2-4-8(6)14-11(7)13(19)20/h1-4H,5H2,(H,15,16)(H,17,18)(H,19,20). The maximum atomic E-state index is 11.4. The predicted octanol–water partition coefficient (Wildman–Crippen LogP) is 1.26. The van der Waals surface area contributed by atoms with E-state index in [0.29, 0.717) is 0 Å². The molecule has 0 spiro atoms. The van der Waals surface area contributed by atoms with Gasteiger partial charge in [-0.15, -0.1) is 0 Å². The number of aliphatic carboxylic acids is 1. The van der Waals surface area contributed by atoms with Crippen molar-refractivity contribution in [3.05, 3.63) is 41.1 Å². The Bertz CT molecular complexity index is 737. The second-order valence-corrected chi connectivity index (χ2v) is 4.01. The number of nitrogens with zero attached hydrogens (tertiary/aromatic N) is 1. The number of aromatic nitrogens is 1. The van der Waals surface area contributed by atoms with Crippen LogP contribution in [0.1, 0.15) is 26.4 Å². The number of benzene rings is 1. The number of pyridine rings is 1. The molecule has 0 radical (unpaired) electrons. The van der Waals surface area contributed by atoms with Gasteiger partial charge in [-0.1, -0.05) is 18.2 Å². The highest BCUT2D eigenvalue weighted by Crippen LogP contribution is 2.24. The Morgan fingerprint density at radius 2 is 1.65 bits per heavy atom. The summed E-state index contributed by atoms with van der Waals surface area (Å²) in [5, 5.41) is 27.4. The average Bonchev–Trinajstić information content (AvgIpc) is 2.36. The SMILES string of the molecule is O=C(O)Cc1c(C(=O)O)nc2ccccc2c1C(=O)O. The van der Waals surface area contributed by atoms with E-state index >= 15 is 0 Å². The maximum Gasteiger partial charge on any atom is 0.354 e. The van der Waals surface area contributed by atoms with Gasteiger partial charge >= 0.3 is 17.9 Å². The van der Waals surface area contributed by atoms with Crippen LogP contribution in [0, 0.1) is 0 Å². The molecule has 2 aromatic rings. The molecule has 0 atom stereocenters. The number of carboxylic acid groups (broad SMARTS) is 3. The first-order chi connectivity index (χ1) is 9.41. The smallest absolute Gasteiger partial charge is 0.354 e. The average molecular weight is 275 g/mol. The van der Waals surface area contributed by atoms with Gasteiger partial charge in [-0.05, 0) is 6.07 Å². The van der Waals surface area contributed by atoms with Crippen LogP contribution in [-0.4, -0.2) is 38.2 Å². The fourth-order valence-corrected chi connectivity index (χ4v) is 2.00. The van der Waals surface area contributed by atoms with Crippen LogP contribution in [0.2, 0.25) is 0 Å². The lowest BCUT2D eigenvalue weighted by Gasteiger charge is -2.10. The Morgan fingerprint density at radius 3 is 2.20 bits per heavy atom. The van der Waals surface area contributed by atoms with Crippen LogP contribution in [-0.2, 0) is 11.2 Å². The summed E-state index contributed by atoms with van der Waals surface area (Å²) in [4.78, 5) is 37.2. The Kier molecular flexibility index (Phi) is 3.34. The van der Waals surface area contributed by atoms with Gasteiger partial charge in [0.2, 0.25) is 0 Å². The molecule has 0 aliphatic heterocycles. The van der Waals surface area contributed by atoms with Crippen molar-refractivity contribution in [2.45, 2.75) is 6.42 Å². The summed E-state index contributed by atoms with van der Waals surface area (Å²) in [7, 11) is 0. The van der Waals surface area contributed by atoms with E-state index < -0.39 is 30.0 Å². The van der Waals surface area contributed by atoms with Crippen molar-refractivity contribution in [3.8, 4) is 0 Å². The van der Waals surface area contributed by atoms with Gasteiger partial charge in [-0.25, -0.2) is 14.6 Å². The van der Waals surface area contributed by atoms with Crippen LogP contribution >= 0.6 is 0 Å². The van der Waals surface area contributed by atoms with E-state index in [0.717, 1.165) is 0 Å². The van der Waals surface area contributed by atoms with Crippen molar-refractivity contribution in [3.63, 3.8) is 0 Å². The second kappa shape index (κ2) is 4.96. The van der Waals surface area contributed by atoms with Gasteiger partial charge in [0, 0.05) is 10.9 Å². The molecule has 0 aliphatic carbocycles. The van der Waals surface area contributed by atoms with Crippen molar-refractivity contribution in [2.24, 2.45) is 0 Å². The Morgan fingerprint density at radius 1 is 1.00 bits per heavy atom. The number of rotatable bonds is 4. The lowest BCUT2D eigenvalue weighted by molar-refractivity contribution is -0.136. The van der Waals surface area contributed by atoms with Crippen molar-refractivity contribution < 1.29 is 29.7 Å². The zero-order chi connectivity index (χ0) is 14.9. The van der Waals surface area contributed by atoms with Gasteiger partial charge < -0.3 is 15.3 Å². The molecule has 0 saturated carbocycles. The van der Waals surface area contributed by atoms with Gasteiger partial charge in [-0.3, -0.25) is 4.79 Å². The minimum Gasteiger partial charge on any atom is -0.481 e. The zero-order valence-electron chi connectivity index (χ0n) is 10.0. The summed E-state index contributed by atoms with van der Waals surface area (Å²) >= 11 is 0. The molecule has 2 rings (SSSR count). The normalized spacial score (nSPS) is 10.4. The largest absolute Gasteiger partial charge is 0.481 e. The molecule has 20 heavy (non-hydrogen) atoms. The molecular formula is C13H9NO6. The highest BCUT2D eigenvalue weighted by molar-refractivity contribution is 6.07. The van der Waals surface area contributed by atoms with Crippen LogP contribution in [0.4, 0.5) is 0 Å². The van der Waals surface area contributed by atoms with Gasteiger partial charge in [0.15, 0.2) is 5.69 Å². The molecule has 1 aromatic carbocycles. The number of fused-ring (bicyclic) bond motifs is 1. The molecule has 1 aromatic heterocycles. The summed E-state index contributed by atoms with van der Waals surface area (Å²) < 4.78 is 0. The van der Waals surface area contributed by atoms with Crippen LogP contribution < -0.4 is 0 Å². The topological polar surface area (TPSA) is 125 Å². The second-order valence-electron chi connectivity index (χ2n) is 4.01. The molecule has 0 aliphatic rings. The van der Waals surface area contributed by atoms with Gasteiger partial charge in [0.1, 0.15) is 0 Å². The summed E-state index contributed by atoms with van der Waals surface area (Å²) in [5.74, 6) is -4.18. The number of para-hydroxylation sites is 1.